The molecule has 3 aromatic rings. The highest BCUT2D eigenvalue weighted by atomic mass is 35.5. The molecule has 98 valence electrons. The average molecular weight is 275 g/mol. The van der Waals surface area contributed by atoms with E-state index in [1.165, 1.54) is 10.9 Å². The lowest BCUT2D eigenvalue weighted by molar-refractivity contribution is 0.676. The molecule has 3 rings (SSSR count). The molecule has 0 spiro atoms. The minimum atomic E-state index is 0.756. The van der Waals surface area contributed by atoms with E-state index in [1.807, 2.05) is 24.5 Å². The van der Waals surface area contributed by atoms with Gasteiger partial charge in [0.25, 0.3) is 0 Å². The van der Waals surface area contributed by atoms with Crippen molar-refractivity contribution in [2.24, 2.45) is 0 Å². The minimum absolute atomic E-state index is 0.756. The standard InChI is InChI=1S/C14H15ClN4/c15-11-1-2-12-10(9-19-13(12)7-11)8-16-4-3-14-17-5-6-18-14/h1-2,5-7,9,16,19H,3-4,8H2,(H,17,18). The summed E-state index contributed by atoms with van der Waals surface area (Å²) in [6, 6.07) is 5.92. The van der Waals surface area contributed by atoms with Gasteiger partial charge in [-0.15, -0.1) is 0 Å². The lowest BCUT2D eigenvalue weighted by Gasteiger charge is -2.02. The molecule has 1 aromatic carbocycles. The molecule has 0 saturated heterocycles. The molecule has 2 aromatic heterocycles. The molecule has 0 fully saturated rings. The molecular formula is C14H15ClN4. The van der Waals surface area contributed by atoms with Crippen LogP contribution in [0.15, 0.2) is 36.8 Å². The van der Waals surface area contributed by atoms with Gasteiger partial charge in [-0.2, -0.15) is 0 Å². The molecule has 0 unspecified atom stereocenters. The number of aromatic nitrogens is 3. The number of aromatic amines is 2. The van der Waals surface area contributed by atoms with Crippen LogP contribution >= 0.6 is 11.6 Å². The van der Waals surface area contributed by atoms with Crippen LogP contribution in [0.25, 0.3) is 10.9 Å². The van der Waals surface area contributed by atoms with Crippen LogP contribution in [0, 0.1) is 0 Å². The summed E-state index contributed by atoms with van der Waals surface area (Å²) in [6.07, 6.45) is 6.56. The Balaban J connectivity index is 1.59. The highest BCUT2D eigenvalue weighted by molar-refractivity contribution is 6.31. The summed E-state index contributed by atoms with van der Waals surface area (Å²) in [4.78, 5) is 10.5. The van der Waals surface area contributed by atoms with Crippen molar-refractivity contribution in [1.82, 2.24) is 20.3 Å². The summed E-state index contributed by atoms with van der Waals surface area (Å²) < 4.78 is 0. The Morgan fingerprint density at radius 1 is 1.26 bits per heavy atom. The van der Waals surface area contributed by atoms with Crippen LogP contribution in [0.5, 0.6) is 0 Å². The maximum atomic E-state index is 5.97. The molecule has 5 heteroatoms. The fraction of sp³-hybridized carbons (Fsp3) is 0.214. The van der Waals surface area contributed by atoms with Gasteiger partial charge in [0.15, 0.2) is 0 Å². The van der Waals surface area contributed by atoms with Crippen LogP contribution in [0.1, 0.15) is 11.4 Å². The minimum Gasteiger partial charge on any atom is -0.361 e. The Labute approximate surface area is 116 Å². The molecule has 0 amide bonds. The third-order valence-electron chi connectivity index (χ3n) is 3.14. The van der Waals surface area contributed by atoms with E-state index in [9.17, 15) is 0 Å². The van der Waals surface area contributed by atoms with Crippen molar-refractivity contribution in [2.45, 2.75) is 13.0 Å². The molecule has 3 N–H and O–H groups in total. The second-order valence-corrected chi connectivity index (χ2v) is 4.90. The van der Waals surface area contributed by atoms with E-state index in [0.717, 1.165) is 35.9 Å². The zero-order valence-electron chi connectivity index (χ0n) is 10.4. The molecule has 2 heterocycles. The second-order valence-electron chi connectivity index (χ2n) is 4.47. The summed E-state index contributed by atoms with van der Waals surface area (Å²) in [5.41, 5.74) is 2.33. The van der Waals surface area contributed by atoms with E-state index in [0.29, 0.717) is 0 Å². The van der Waals surface area contributed by atoms with Crippen LogP contribution in [0.4, 0.5) is 0 Å². The predicted molar refractivity (Wildman–Crippen MR) is 77.3 cm³/mol. The van der Waals surface area contributed by atoms with E-state index in [1.54, 1.807) is 6.20 Å². The van der Waals surface area contributed by atoms with Gasteiger partial charge in [-0.05, 0) is 17.7 Å². The Morgan fingerprint density at radius 3 is 3.05 bits per heavy atom. The third kappa shape index (κ3) is 2.80. The van der Waals surface area contributed by atoms with Crippen LogP contribution in [-0.4, -0.2) is 21.5 Å². The Hall–Kier alpha value is -1.78. The fourth-order valence-corrected chi connectivity index (χ4v) is 2.34. The maximum Gasteiger partial charge on any atom is 0.107 e. The fourth-order valence-electron chi connectivity index (χ4n) is 2.17. The average Bonchev–Trinajstić information content (AvgIpc) is 3.03. The Morgan fingerprint density at radius 2 is 2.21 bits per heavy atom. The number of hydrogen-bond acceptors (Lipinski definition) is 2. The lowest BCUT2D eigenvalue weighted by atomic mass is 10.2. The van der Waals surface area contributed by atoms with Gasteiger partial charge in [0.2, 0.25) is 0 Å². The number of fused-ring (bicyclic) bond motifs is 1. The Kier molecular flexibility index (Phi) is 3.53. The van der Waals surface area contributed by atoms with Gasteiger partial charge in [0.05, 0.1) is 0 Å². The van der Waals surface area contributed by atoms with Crippen LogP contribution < -0.4 is 5.32 Å². The summed E-state index contributed by atoms with van der Waals surface area (Å²) in [5.74, 6) is 1.01. The van der Waals surface area contributed by atoms with Gasteiger partial charge in [-0.3, -0.25) is 0 Å². The van der Waals surface area contributed by atoms with E-state index in [2.05, 4.69) is 26.3 Å². The molecule has 0 atom stereocenters. The zero-order chi connectivity index (χ0) is 13.1. The smallest absolute Gasteiger partial charge is 0.107 e. The van der Waals surface area contributed by atoms with Crippen molar-refractivity contribution >= 4 is 22.5 Å². The van der Waals surface area contributed by atoms with Gasteiger partial charge in [0.1, 0.15) is 5.82 Å². The number of imidazole rings is 1. The molecule has 4 nitrogen and oxygen atoms in total. The van der Waals surface area contributed by atoms with Crippen molar-refractivity contribution in [1.29, 1.82) is 0 Å². The van der Waals surface area contributed by atoms with E-state index in [-0.39, 0.29) is 0 Å². The van der Waals surface area contributed by atoms with Gasteiger partial charge in [0, 0.05) is 54.0 Å². The number of nitrogens with zero attached hydrogens (tertiary/aromatic N) is 1. The van der Waals surface area contributed by atoms with Crippen molar-refractivity contribution < 1.29 is 0 Å². The molecule has 0 aliphatic heterocycles. The van der Waals surface area contributed by atoms with E-state index < -0.39 is 0 Å². The van der Waals surface area contributed by atoms with E-state index in [4.69, 9.17) is 11.6 Å². The number of rotatable bonds is 5. The van der Waals surface area contributed by atoms with Gasteiger partial charge in [-0.25, -0.2) is 4.98 Å². The zero-order valence-corrected chi connectivity index (χ0v) is 11.2. The predicted octanol–water partition coefficient (Wildman–Crippen LogP) is 2.88. The van der Waals surface area contributed by atoms with Gasteiger partial charge in [-0.1, -0.05) is 17.7 Å². The first-order valence-corrected chi connectivity index (χ1v) is 6.65. The van der Waals surface area contributed by atoms with Crippen molar-refractivity contribution in [3.05, 3.63) is 53.2 Å². The van der Waals surface area contributed by atoms with E-state index >= 15 is 0 Å². The topological polar surface area (TPSA) is 56.5 Å². The first-order chi connectivity index (χ1) is 9.33. The normalized spacial score (nSPS) is 11.2. The molecule has 0 radical (unpaired) electrons. The quantitative estimate of drug-likeness (QED) is 0.627. The summed E-state index contributed by atoms with van der Waals surface area (Å²) in [5, 5.41) is 5.39. The number of H-pyrrole nitrogens is 2. The summed E-state index contributed by atoms with van der Waals surface area (Å²) in [6.45, 7) is 1.73. The molecule has 0 aliphatic carbocycles. The molecular weight excluding hydrogens is 260 g/mol. The van der Waals surface area contributed by atoms with Crippen LogP contribution in [-0.2, 0) is 13.0 Å². The van der Waals surface area contributed by atoms with Crippen molar-refractivity contribution in [3.63, 3.8) is 0 Å². The molecule has 0 aliphatic rings. The van der Waals surface area contributed by atoms with Crippen molar-refractivity contribution in [3.8, 4) is 0 Å². The summed E-state index contributed by atoms with van der Waals surface area (Å²) >= 11 is 5.97. The number of hydrogen-bond donors (Lipinski definition) is 3. The third-order valence-corrected chi connectivity index (χ3v) is 3.37. The highest BCUT2D eigenvalue weighted by Crippen LogP contribution is 2.21. The highest BCUT2D eigenvalue weighted by Gasteiger charge is 2.03. The first kappa shape index (κ1) is 12.3. The van der Waals surface area contributed by atoms with Gasteiger partial charge < -0.3 is 15.3 Å². The second kappa shape index (κ2) is 5.47. The summed E-state index contributed by atoms with van der Waals surface area (Å²) in [7, 11) is 0. The number of nitrogens with one attached hydrogen (secondary N) is 3. The van der Waals surface area contributed by atoms with Gasteiger partial charge >= 0.3 is 0 Å². The monoisotopic (exact) mass is 274 g/mol. The molecule has 19 heavy (non-hydrogen) atoms. The SMILES string of the molecule is Clc1ccc2c(CNCCc3ncc[nH]3)c[nH]c2c1. The number of benzene rings is 1. The van der Waals surface area contributed by atoms with Crippen LogP contribution in [0.3, 0.4) is 0 Å². The number of halogens is 1. The maximum absolute atomic E-state index is 5.97. The van der Waals surface area contributed by atoms with Crippen LogP contribution in [0.2, 0.25) is 5.02 Å². The Bertz CT molecular complexity index is 657. The first-order valence-electron chi connectivity index (χ1n) is 6.27. The van der Waals surface area contributed by atoms with Crippen molar-refractivity contribution in [2.75, 3.05) is 6.54 Å². The largest absolute Gasteiger partial charge is 0.361 e. The molecule has 0 bridgehead atoms. The lowest BCUT2D eigenvalue weighted by Crippen LogP contribution is -2.16. The molecule has 0 saturated carbocycles.